The summed E-state index contributed by atoms with van der Waals surface area (Å²) in [5, 5.41) is 3.86. The van der Waals surface area contributed by atoms with Gasteiger partial charge in [-0.05, 0) is 104 Å². The summed E-state index contributed by atoms with van der Waals surface area (Å²) in [6.45, 7) is 4.77. The predicted molar refractivity (Wildman–Crippen MR) is 202 cm³/mol. The van der Waals surface area contributed by atoms with Gasteiger partial charge in [0, 0.05) is 32.1 Å². The summed E-state index contributed by atoms with van der Waals surface area (Å²) in [6.07, 6.45) is 0. The van der Waals surface area contributed by atoms with Gasteiger partial charge in [0.05, 0.1) is 0 Å². The highest BCUT2D eigenvalue weighted by molar-refractivity contribution is 7.22. The molecular formula is C45H33NS. The summed E-state index contributed by atoms with van der Waals surface area (Å²) in [7, 11) is 0. The van der Waals surface area contributed by atoms with E-state index in [2.05, 4.69) is 183 Å². The SMILES string of the molecule is CC1(C)c2cc(-c3cccc(N(c4ccc(-c5ccccc5)cc4)c4ccc5ccccc5c4)c3)ccc2-c2sc3ccccc3c21. The molecule has 0 aliphatic heterocycles. The molecule has 7 aromatic carbocycles. The monoisotopic (exact) mass is 619 g/mol. The lowest BCUT2D eigenvalue weighted by atomic mass is 9.80. The standard InChI is InChI=1S/C45H33NS/c1-45(2)41-29-35(22-26-39(41)44-43(45)40-17-8-9-18-42(40)47-44)34-15-10-16-37(28-34)46(38-25-21-31-13-6-7-14-33(31)27-38)36-23-19-32(20-24-36)30-11-4-3-5-12-30/h3-29H,1-2H3. The van der Waals surface area contributed by atoms with Gasteiger partial charge in [0.1, 0.15) is 0 Å². The molecule has 1 aromatic heterocycles. The van der Waals surface area contributed by atoms with Gasteiger partial charge in [0.2, 0.25) is 0 Å². The quantitative estimate of drug-likeness (QED) is 0.185. The van der Waals surface area contributed by atoms with Crippen LogP contribution >= 0.6 is 11.3 Å². The van der Waals surface area contributed by atoms with Crippen molar-refractivity contribution in [2.45, 2.75) is 19.3 Å². The largest absolute Gasteiger partial charge is 0.310 e. The van der Waals surface area contributed by atoms with Crippen molar-refractivity contribution in [3.8, 4) is 32.7 Å². The molecule has 0 amide bonds. The molecule has 0 unspecified atom stereocenters. The highest BCUT2D eigenvalue weighted by atomic mass is 32.1. The van der Waals surface area contributed by atoms with Gasteiger partial charge in [-0.2, -0.15) is 0 Å². The van der Waals surface area contributed by atoms with Crippen molar-refractivity contribution in [2.24, 2.45) is 0 Å². The van der Waals surface area contributed by atoms with E-state index in [1.165, 1.54) is 64.7 Å². The Hall–Kier alpha value is -5.44. The molecule has 9 rings (SSSR count). The van der Waals surface area contributed by atoms with Crippen LogP contribution in [0.4, 0.5) is 17.1 Å². The minimum Gasteiger partial charge on any atom is -0.310 e. The van der Waals surface area contributed by atoms with Crippen LogP contribution in [0.2, 0.25) is 0 Å². The number of anilines is 3. The molecule has 0 N–H and O–H groups in total. The Morgan fingerprint density at radius 3 is 1.96 bits per heavy atom. The molecule has 0 atom stereocenters. The van der Waals surface area contributed by atoms with Crippen LogP contribution in [0.5, 0.6) is 0 Å². The fourth-order valence-corrected chi connectivity index (χ4v) is 8.85. The summed E-state index contributed by atoms with van der Waals surface area (Å²) in [5.41, 5.74) is 12.5. The van der Waals surface area contributed by atoms with Crippen molar-refractivity contribution in [1.82, 2.24) is 0 Å². The van der Waals surface area contributed by atoms with E-state index in [1.54, 1.807) is 0 Å². The molecule has 2 heteroatoms. The average Bonchev–Trinajstić information content (AvgIpc) is 3.62. The Bertz CT molecular complexity index is 2430. The fraction of sp³-hybridized carbons (Fsp3) is 0.0667. The molecule has 0 fully saturated rings. The van der Waals surface area contributed by atoms with E-state index in [4.69, 9.17) is 0 Å². The Labute approximate surface area is 280 Å². The molecule has 0 radical (unpaired) electrons. The van der Waals surface area contributed by atoms with E-state index in [-0.39, 0.29) is 5.41 Å². The summed E-state index contributed by atoms with van der Waals surface area (Å²) in [5.74, 6) is 0. The van der Waals surface area contributed by atoms with Gasteiger partial charge < -0.3 is 4.90 Å². The summed E-state index contributed by atoms with van der Waals surface area (Å²) in [4.78, 5) is 3.80. The minimum atomic E-state index is -0.0600. The van der Waals surface area contributed by atoms with E-state index in [0.29, 0.717) is 0 Å². The summed E-state index contributed by atoms with van der Waals surface area (Å²) >= 11 is 1.93. The smallest absolute Gasteiger partial charge is 0.0468 e. The molecule has 1 aliphatic carbocycles. The zero-order chi connectivity index (χ0) is 31.5. The second kappa shape index (κ2) is 10.8. The number of benzene rings is 7. The van der Waals surface area contributed by atoms with Crippen LogP contribution in [-0.4, -0.2) is 0 Å². The molecule has 0 saturated carbocycles. The van der Waals surface area contributed by atoms with Crippen LogP contribution in [0.15, 0.2) is 164 Å². The third-order valence-electron chi connectivity index (χ3n) is 9.82. The second-order valence-corrected chi connectivity index (χ2v) is 14.1. The number of thiophene rings is 1. The van der Waals surface area contributed by atoms with Crippen molar-refractivity contribution in [3.63, 3.8) is 0 Å². The molecular weight excluding hydrogens is 587 g/mol. The molecule has 0 bridgehead atoms. The van der Waals surface area contributed by atoms with Gasteiger partial charge in [-0.25, -0.2) is 0 Å². The van der Waals surface area contributed by atoms with Crippen molar-refractivity contribution in [2.75, 3.05) is 4.90 Å². The molecule has 8 aromatic rings. The van der Waals surface area contributed by atoms with Crippen LogP contribution in [0.25, 0.3) is 53.6 Å². The first-order valence-electron chi connectivity index (χ1n) is 16.3. The van der Waals surface area contributed by atoms with E-state index >= 15 is 0 Å². The van der Waals surface area contributed by atoms with Gasteiger partial charge >= 0.3 is 0 Å². The zero-order valence-electron chi connectivity index (χ0n) is 26.4. The van der Waals surface area contributed by atoms with Crippen LogP contribution < -0.4 is 4.90 Å². The van der Waals surface area contributed by atoms with E-state index in [1.807, 2.05) is 11.3 Å². The number of hydrogen-bond donors (Lipinski definition) is 0. The maximum absolute atomic E-state index is 2.44. The van der Waals surface area contributed by atoms with Crippen molar-refractivity contribution < 1.29 is 0 Å². The summed E-state index contributed by atoms with van der Waals surface area (Å²) in [6, 6.07) is 59.8. The second-order valence-electron chi connectivity index (χ2n) is 13.0. The third kappa shape index (κ3) is 4.60. The van der Waals surface area contributed by atoms with Crippen LogP contribution in [0.1, 0.15) is 25.0 Å². The molecule has 224 valence electrons. The highest BCUT2D eigenvalue weighted by Gasteiger charge is 2.38. The maximum atomic E-state index is 2.44. The lowest BCUT2D eigenvalue weighted by Crippen LogP contribution is -2.15. The topological polar surface area (TPSA) is 3.24 Å². The number of rotatable bonds is 5. The first kappa shape index (κ1) is 27.8. The van der Waals surface area contributed by atoms with Gasteiger partial charge in [0.25, 0.3) is 0 Å². The van der Waals surface area contributed by atoms with E-state index in [0.717, 1.165) is 17.1 Å². The van der Waals surface area contributed by atoms with Crippen molar-refractivity contribution >= 4 is 49.3 Å². The van der Waals surface area contributed by atoms with E-state index < -0.39 is 0 Å². The molecule has 1 nitrogen and oxygen atoms in total. The number of hydrogen-bond acceptors (Lipinski definition) is 2. The number of fused-ring (bicyclic) bond motifs is 6. The van der Waals surface area contributed by atoms with Gasteiger partial charge in [-0.3, -0.25) is 0 Å². The Morgan fingerprint density at radius 1 is 0.468 bits per heavy atom. The van der Waals surface area contributed by atoms with Gasteiger partial charge in [0.15, 0.2) is 0 Å². The first-order chi connectivity index (χ1) is 23.0. The van der Waals surface area contributed by atoms with Crippen LogP contribution in [0.3, 0.4) is 0 Å². The normalized spacial score (nSPS) is 13.1. The molecule has 0 spiro atoms. The van der Waals surface area contributed by atoms with Crippen LogP contribution in [-0.2, 0) is 5.41 Å². The maximum Gasteiger partial charge on any atom is 0.0468 e. The summed E-state index contributed by atoms with van der Waals surface area (Å²) < 4.78 is 1.37. The van der Waals surface area contributed by atoms with Crippen LogP contribution in [0, 0.1) is 0 Å². The van der Waals surface area contributed by atoms with Gasteiger partial charge in [-0.15, -0.1) is 11.3 Å². The lowest BCUT2D eigenvalue weighted by Gasteiger charge is -2.27. The van der Waals surface area contributed by atoms with E-state index in [9.17, 15) is 0 Å². The molecule has 0 saturated heterocycles. The predicted octanol–water partition coefficient (Wildman–Crippen LogP) is 13.2. The zero-order valence-corrected chi connectivity index (χ0v) is 27.3. The van der Waals surface area contributed by atoms with Gasteiger partial charge in [-0.1, -0.05) is 129 Å². The lowest BCUT2D eigenvalue weighted by molar-refractivity contribution is 0.667. The minimum absolute atomic E-state index is 0.0600. The molecule has 1 heterocycles. The molecule has 1 aliphatic rings. The Balaban J connectivity index is 1.15. The van der Waals surface area contributed by atoms with Crippen molar-refractivity contribution in [3.05, 3.63) is 175 Å². The molecule has 47 heavy (non-hydrogen) atoms. The Kier molecular flexibility index (Phi) is 6.41. The average molecular weight is 620 g/mol. The first-order valence-corrected chi connectivity index (χ1v) is 17.1. The highest BCUT2D eigenvalue weighted by Crippen LogP contribution is 2.56. The van der Waals surface area contributed by atoms with Crippen molar-refractivity contribution in [1.29, 1.82) is 0 Å². The third-order valence-corrected chi connectivity index (χ3v) is 11.0. The Morgan fingerprint density at radius 2 is 1.11 bits per heavy atom. The number of nitrogens with zero attached hydrogens (tertiary/aromatic N) is 1. The fourth-order valence-electron chi connectivity index (χ4n) is 7.45.